The number of nitrogens with zero attached hydrogens (tertiary/aromatic N) is 5. The molecule has 1 aromatic heterocycles. The maximum Gasteiger partial charge on any atom is 0.319 e. The lowest BCUT2D eigenvalue weighted by Crippen LogP contribution is -2.48. The van der Waals surface area contributed by atoms with E-state index < -0.39 is 0 Å². The number of hydrogen-bond acceptors (Lipinski definition) is 4. The second-order valence-corrected chi connectivity index (χ2v) is 5.52. The van der Waals surface area contributed by atoms with Crippen molar-refractivity contribution in [1.82, 2.24) is 14.8 Å². The van der Waals surface area contributed by atoms with Crippen molar-refractivity contribution in [2.24, 2.45) is 0 Å². The van der Waals surface area contributed by atoms with E-state index in [-0.39, 0.29) is 12.1 Å². The number of hydrogen-bond donors (Lipinski definition) is 0. The van der Waals surface area contributed by atoms with Crippen LogP contribution in [0.2, 0.25) is 0 Å². The second kappa shape index (κ2) is 6.44. The molecule has 0 aromatic carbocycles. The molecular weight excluding hydrogens is 266 g/mol. The fraction of sp³-hybridized carbons (Fsp3) is 0.533. The molecule has 2 amide bonds. The molecule has 1 fully saturated rings. The van der Waals surface area contributed by atoms with Crippen LogP contribution in [-0.2, 0) is 0 Å². The minimum absolute atomic E-state index is 0.0399. The van der Waals surface area contributed by atoms with Crippen molar-refractivity contribution in [2.45, 2.75) is 18.9 Å². The number of carbonyl (C=O) groups excluding carboxylic acids is 1. The summed E-state index contributed by atoms with van der Waals surface area (Å²) in [6.07, 6.45) is 3.49. The predicted molar refractivity (Wildman–Crippen MR) is 81.0 cm³/mol. The molecule has 112 valence electrons. The van der Waals surface area contributed by atoms with Gasteiger partial charge in [0, 0.05) is 46.5 Å². The van der Waals surface area contributed by atoms with Gasteiger partial charge in [0.2, 0.25) is 0 Å². The summed E-state index contributed by atoms with van der Waals surface area (Å²) in [5, 5.41) is 8.94. The Balaban J connectivity index is 1.97. The fourth-order valence-electron chi connectivity index (χ4n) is 2.61. The van der Waals surface area contributed by atoms with Crippen LogP contribution in [0.4, 0.5) is 10.6 Å². The normalized spacial score (nSPS) is 15.4. The Bertz CT molecular complexity index is 543. The summed E-state index contributed by atoms with van der Waals surface area (Å²) in [7, 11) is 5.40. The number of nitriles is 1. The van der Waals surface area contributed by atoms with Crippen LogP contribution in [0, 0.1) is 11.3 Å². The van der Waals surface area contributed by atoms with Crippen molar-refractivity contribution in [3.8, 4) is 6.07 Å². The lowest BCUT2D eigenvalue weighted by atomic mass is 10.0. The minimum atomic E-state index is 0.0399. The Labute approximate surface area is 125 Å². The number of piperidine rings is 1. The standard InChI is InChI=1S/C15H21N5O/c1-18(2)15(21)19(3)13-5-8-20(9-6-13)14-10-12(11-16)4-7-17-14/h4,7,10,13H,5-6,8-9H2,1-3H3. The molecule has 2 heterocycles. The summed E-state index contributed by atoms with van der Waals surface area (Å²) in [5.41, 5.74) is 0.627. The second-order valence-electron chi connectivity index (χ2n) is 5.52. The first-order valence-corrected chi connectivity index (χ1v) is 7.08. The summed E-state index contributed by atoms with van der Waals surface area (Å²) in [5.74, 6) is 0.842. The smallest absolute Gasteiger partial charge is 0.319 e. The summed E-state index contributed by atoms with van der Waals surface area (Å²) in [6, 6.07) is 5.96. The van der Waals surface area contributed by atoms with Gasteiger partial charge in [0.15, 0.2) is 0 Å². The molecule has 6 nitrogen and oxygen atoms in total. The van der Waals surface area contributed by atoms with Gasteiger partial charge in [-0.05, 0) is 25.0 Å². The molecule has 1 aromatic rings. The third kappa shape index (κ3) is 3.43. The Kier molecular flexibility index (Phi) is 4.63. The van der Waals surface area contributed by atoms with Crippen LogP contribution in [0.1, 0.15) is 18.4 Å². The molecule has 0 spiro atoms. The minimum Gasteiger partial charge on any atom is -0.356 e. The van der Waals surface area contributed by atoms with Crippen molar-refractivity contribution in [2.75, 3.05) is 39.1 Å². The molecule has 1 aliphatic rings. The zero-order valence-corrected chi connectivity index (χ0v) is 12.8. The summed E-state index contributed by atoms with van der Waals surface area (Å²) in [4.78, 5) is 21.9. The fourth-order valence-corrected chi connectivity index (χ4v) is 2.61. The van der Waals surface area contributed by atoms with Gasteiger partial charge in [-0.3, -0.25) is 0 Å². The number of rotatable bonds is 2. The van der Waals surface area contributed by atoms with E-state index in [9.17, 15) is 4.79 Å². The number of aromatic nitrogens is 1. The van der Waals surface area contributed by atoms with Crippen molar-refractivity contribution < 1.29 is 4.79 Å². The third-order valence-corrected chi connectivity index (χ3v) is 3.90. The Hall–Kier alpha value is -2.29. The predicted octanol–water partition coefficient (Wildman–Crippen LogP) is 1.54. The largest absolute Gasteiger partial charge is 0.356 e. The van der Waals surface area contributed by atoms with Crippen LogP contribution in [0.5, 0.6) is 0 Å². The molecule has 0 atom stereocenters. The van der Waals surface area contributed by atoms with Gasteiger partial charge in [0.25, 0.3) is 0 Å². The van der Waals surface area contributed by atoms with Gasteiger partial charge in [-0.1, -0.05) is 0 Å². The first kappa shape index (κ1) is 15.1. The zero-order valence-electron chi connectivity index (χ0n) is 12.8. The van der Waals surface area contributed by atoms with E-state index in [2.05, 4.69) is 16.0 Å². The molecule has 21 heavy (non-hydrogen) atoms. The Morgan fingerprint density at radius 3 is 2.62 bits per heavy atom. The van der Waals surface area contributed by atoms with Crippen LogP contribution in [-0.4, -0.2) is 61.1 Å². The van der Waals surface area contributed by atoms with Gasteiger partial charge < -0.3 is 14.7 Å². The maximum atomic E-state index is 12.0. The van der Waals surface area contributed by atoms with Gasteiger partial charge in [0.1, 0.15) is 5.82 Å². The van der Waals surface area contributed by atoms with Gasteiger partial charge in [-0.2, -0.15) is 5.26 Å². The number of amides is 2. The number of pyridine rings is 1. The zero-order chi connectivity index (χ0) is 15.4. The van der Waals surface area contributed by atoms with E-state index in [1.807, 2.05) is 18.0 Å². The number of anilines is 1. The summed E-state index contributed by atoms with van der Waals surface area (Å²) in [6.45, 7) is 1.69. The van der Waals surface area contributed by atoms with E-state index in [0.717, 1.165) is 31.7 Å². The molecule has 0 radical (unpaired) electrons. The van der Waals surface area contributed by atoms with Crippen LogP contribution in [0.15, 0.2) is 18.3 Å². The first-order valence-electron chi connectivity index (χ1n) is 7.08. The average molecular weight is 287 g/mol. The third-order valence-electron chi connectivity index (χ3n) is 3.90. The van der Waals surface area contributed by atoms with Crippen molar-refractivity contribution in [3.05, 3.63) is 23.9 Å². The molecule has 0 unspecified atom stereocenters. The van der Waals surface area contributed by atoms with E-state index in [1.165, 1.54) is 0 Å². The molecule has 1 aliphatic heterocycles. The van der Waals surface area contributed by atoms with E-state index >= 15 is 0 Å². The number of urea groups is 1. The molecular formula is C15H21N5O. The highest BCUT2D eigenvalue weighted by molar-refractivity contribution is 5.73. The van der Waals surface area contributed by atoms with E-state index in [0.29, 0.717) is 5.56 Å². The quantitative estimate of drug-likeness (QED) is 0.827. The van der Waals surface area contributed by atoms with Gasteiger partial charge in [-0.25, -0.2) is 9.78 Å². The molecule has 2 rings (SSSR count). The molecule has 0 bridgehead atoms. The summed E-state index contributed by atoms with van der Waals surface area (Å²) < 4.78 is 0. The van der Waals surface area contributed by atoms with Crippen LogP contribution in [0.25, 0.3) is 0 Å². The van der Waals surface area contributed by atoms with Crippen molar-refractivity contribution in [1.29, 1.82) is 5.26 Å². The maximum absolute atomic E-state index is 12.0. The highest BCUT2D eigenvalue weighted by atomic mass is 16.2. The molecule has 0 aliphatic carbocycles. The monoisotopic (exact) mass is 287 g/mol. The molecule has 0 saturated carbocycles. The first-order chi connectivity index (χ1) is 10.0. The van der Waals surface area contributed by atoms with Gasteiger partial charge >= 0.3 is 6.03 Å². The molecule has 1 saturated heterocycles. The SMILES string of the molecule is CN(C)C(=O)N(C)C1CCN(c2cc(C#N)ccn2)CC1. The number of carbonyl (C=O) groups is 1. The van der Waals surface area contributed by atoms with Crippen molar-refractivity contribution in [3.63, 3.8) is 0 Å². The molecule has 0 N–H and O–H groups in total. The van der Waals surface area contributed by atoms with Gasteiger partial charge in [-0.15, -0.1) is 0 Å². The highest BCUT2D eigenvalue weighted by Gasteiger charge is 2.26. The Morgan fingerprint density at radius 2 is 2.05 bits per heavy atom. The topological polar surface area (TPSA) is 63.5 Å². The highest BCUT2D eigenvalue weighted by Crippen LogP contribution is 2.21. The summed E-state index contributed by atoms with van der Waals surface area (Å²) >= 11 is 0. The lowest BCUT2D eigenvalue weighted by Gasteiger charge is -2.38. The van der Waals surface area contributed by atoms with Crippen LogP contribution in [0.3, 0.4) is 0 Å². The molecule has 6 heteroatoms. The van der Waals surface area contributed by atoms with E-state index in [4.69, 9.17) is 5.26 Å². The van der Waals surface area contributed by atoms with Crippen molar-refractivity contribution >= 4 is 11.8 Å². The van der Waals surface area contributed by atoms with Gasteiger partial charge in [0.05, 0.1) is 11.6 Å². The van der Waals surface area contributed by atoms with E-state index in [1.54, 1.807) is 31.3 Å². The average Bonchev–Trinajstić information content (AvgIpc) is 2.53. The van der Waals surface area contributed by atoms with Crippen LogP contribution < -0.4 is 4.90 Å². The Morgan fingerprint density at radius 1 is 1.38 bits per heavy atom. The van der Waals surface area contributed by atoms with Crippen LogP contribution >= 0.6 is 0 Å². The lowest BCUT2D eigenvalue weighted by molar-refractivity contribution is 0.155.